The second-order valence-corrected chi connectivity index (χ2v) is 6.69. The number of fused-ring (bicyclic) bond motifs is 2. The van der Waals surface area contributed by atoms with Crippen LogP contribution in [0.3, 0.4) is 0 Å². The maximum absolute atomic E-state index is 5.87. The number of thiazole rings is 1. The maximum Gasteiger partial charge on any atom is 0.183 e. The van der Waals surface area contributed by atoms with Crippen molar-refractivity contribution in [1.82, 2.24) is 9.97 Å². The molecule has 0 bridgehead atoms. The summed E-state index contributed by atoms with van der Waals surface area (Å²) >= 11 is 7.36. The van der Waals surface area contributed by atoms with Gasteiger partial charge in [0.1, 0.15) is 0 Å². The highest BCUT2D eigenvalue weighted by Crippen LogP contribution is 2.26. The molecule has 5 heteroatoms. The molecule has 0 aliphatic rings. The molecule has 0 aliphatic carbocycles. The Kier molecular flexibility index (Phi) is 3.41. The fourth-order valence-electron chi connectivity index (χ4n) is 2.49. The summed E-state index contributed by atoms with van der Waals surface area (Å²) in [5, 5.41) is 5.72. The van der Waals surface area contributed by atoms with Gasteiger partial charge in [-0.05, 0) is 18.2 Å². The fourth-order valence-corrected chi connectivity index (χ4v) is 3.41. The van der Waals surface area contributed by atoms with Gasteiger partial charge in [0.05, 0.1) is 23.3 Å². The smallest absolute Gasteiger partial charge is 0.183 e. The van der Waals surface area contributed by atoms with Gasteiger partial charge in [0.25, 0.3) is 0 Å². The molecule has 108 valence electrons. The number of hydrogen-bond acceptors (Lipinski definition) is 4. The van der Waals surface area contributed by atoms with Crippen LogP contribution in [-0.2, 0) is 6.54 Å². The highest BCUT2D eigenvalue weighted by Gasteiger charge is 2.05. The molecule has 2 aromatic heterocycles. The Morgan fingerprint density at radius 3 is 2.77 bits per heavy atom. The van der Waals surface area contributed by atoms with Crippen LogP contribution in [0.4, 0.5) is 5.69 Å². The van der Waals surface area contributed by atoms with Gasteiger partial charge in [-0.1, -0.05) is 41.9 Å². The lowest BCUT2D eigenvalue weighted by Crippen LogP contribution is -1.99. The molecular formula is C17H12ClN3S. The average Bonchev–Trinajstić information content (AvgIpc) is 2.96. The van der Waals surface area contributed by atoms with E-state index in [-0.39, 0.29) is 0 Å². The second kappa shape index (κ2) is 5.55. The second-order valence-electron chi connectivity index (χ2n) is 4.99. The highest BCUT2D eigenvalue weighted by molar-refractivity contribution is 7.15. The number of nitrogens with zero attached hydrogens (tertiary/aromatic N) is 2. The summed E-state index contributed by atoms with van der Waals surface area (Å²) in [6.45, 7) is 0.692. The molecule has 4 aromatic rings. The third kappa shape index (κ3) is 2.51. The van der Waals surface area contributed by atoms with Crippen molar-refractivity contribution < 1.29 is 0 Å². The molecule has 0 spiro atoms. The standard InChI is InChI=1S/C17H12ClN3S/c18-17-20-10-13(22-17)9-19-15-7-3-5-12-8-11-4-1-2-6-14(11)21-16(12)15/h1-8,10,19H,9H2. The minimum atomic E-state index is 0.568. The topological polar surface area (TPSA) is 37.8 Å². The summed E-state index contributed by atoms with van der Waals surface area (Å²) in [6.07, 6.45) is 1.80. The first-order chi connectivity index (χ1) is 10.8. The molecule has 0 aliphatic heterocycles. The van der Waals surface area contributed by atoms with Crippen molar-refractivity contribution in [3.63, 3.8) is 0 Å². The Morgan fingerprint density at radius 1 is 1.05 bits per heavy atom. The third-order valence-corrected chi connectivity index (χ3v) is 4.64. The van der Waals surface area contributed by atoms with Crippen LogP contribution in [0.1, 0.15) is 4.88 Å². The van der Waals surface area contributed by atoms with Gasteiger partial charge in [-0.2, -0.15) is 0 Å². The number of benzene rings is 2. The van der Waals surface area contributed by atoms with Crippen molar-refractivity contribution in [2.24, 2.45) is 0 Å². The number of anilines is 1. The molecule has 4 rings (SSSR count). The third-order valence-electron chi connectivity index (χ3n) is 3.53. The first-order valence-corrected chi connectivity index (χ1v) is 8.12. The Balaban J connectivity index is 1.75. The zero-order valence-corrected chi connectivity index (χ0v) is 13.2. The summed E-state index contributed by atoms with van der Waals surface area (Å²) in [5.41, 5.74) is 3.01. The maximum atomic E-state index is 5.87. The summed E-state index contributed by atoms with van der Waals surface area (Å²) in [6, 6.07) is 16.5. The molecule has 22 heavy (non-hydrogen) atoms. The Hall–Kier alpha value is -2.17. The van der Waals surface area contributed by atoms with E-state index in [0.717, 1.165) is 32.4 Å². The predicted octanol–water partition coefficient (Wildman–Crippen LogP) is 5.11. The molecule has 0 radical (unpaired) electrons. The van der Waals surface area contributed by atoms with Crippen molar-refractivity contribution in [3.8, 4) is 0 Å². The van der Waals surface area contributed by atoms with Crippen LogP contribution in [-0.4, -0.2) is 9.97 Å². The minimum absolute atomic E-state index is 0.568. The number of nitrogens with one attached hydrogen (secondary N) is 1. The van der Waals surface area contributed by atoms with Crippen molar-refractivity contribution in [2.75, 3.05) is 5.32 Å². The summed E-state index contributed by atoms with van der Waals surface area (Å²) in [5.74, 6) is 0. The molecular weight excluding hydrogens is 314 g/mol. The molecule has 2 heterocycles. The van der Waals surface area contributed by atoms with E-state index in [1.165, 1.54) is 11.3 Å². The molecule has 2 aromatic carbocycles. The molecule has 0 saturated heterocycles. The molecule has 3 nitrogen and oxygen atoms in total. The van der Waals surface area contributed by atoms with Gasteiger partial charge in [-0.15, -0.1) is 11.3 Å². The minimum Gasteiger partial charge on any atom is -0.378 e. The first-order valence-electron chi connectivity index (χ1n) is 6.92. The Morgan fingerprint density at radius 2 is 1.91 bits per heavy atom. The van der Waals surface area contributed by atoms with E-state index in [4.69, 9.17) is 16.6 Å². The van der Waals surface area contributed by atoms with Gasteiger partial charge < -0.3 is 5.32 Å². The lowest BCUT2D eigenvalue weighted by molar-refractivity contribution is 1.18. The van der Waals surface area contributed by atoms with E-state index in [1.807, 2.05) is 30.3 Å². The molecule has 1 N–H and O–H groups in total. The van der Waals surface area contributed by atoms with Crippen LogP contribution in [0.15, 0.2) is 54.7 Å². The van der Waals surface area contributed by atoms with Crippen LogP contribution in [0.25, 0.3) is 21.8 Å². The molecule has 0 atom stereocenters. The monoisotopic (exact) mass is 325 g/mol. The first kappa shape index (κ1) is 13.5. The van der Waals surface area contributed by atoms with Crippen molar-refractivity contribution in [3.05, 3.63) is 64.1 Å². The number of para-hydroxylation sites is 2. The van der Waals surface area contributed by atoms with Gasteiger partial charge in [-0.25, -0.2) is 9.97 Å². The van der Waals surface area contributed by atoms with E-state index >= 15 is 0 Å². The predicted molar refractivity (Wildman–Crippen MR) is 93.7 cm³/mol. The van der Waals surface area contributed by atoms with Crippen molar-refractivity contribution in [2.45, 2.75) is 6.54 Å². The van der Waals surface area contributed by atoms with Gasteiger partial charge in [-0.3, -0.25) is 0 Å². The van der Waals surface area contributed by atoms with Gasteiger partial charge in [0.2, 0.25) is 0 Å². The lowest BCUT2D eigenvalue weighted by atomic mass is 10.1. The van der Waals surface area contributed by atoms with E-state index in [2.05, 4.69) is 28.5 Å². The van der Waals surface area contributed by atoms with Crippen molar-refractivity contribution >= 4 is 50.4 Å². The van der Waals surface area contributed by atoms with E-state index in [1.54, 1.807) is 6.20 Å². The average molecular weight is 326 g/mol. The lowest BCUT2D eigenvalue weighted by Gasteiger charge is -2.09. The largest absolute Gasteiger partial charge is 0.378 e. The molecule has 0 fully saturated rings. The van der Waals surface area contributed by atoms with Crippen LogP contribution < -0.4 is 5.32 Å². The number of rotatable bonds is 3. The van der Waals surface area contributed by atoms with Gasteiger partial charge in [0, 0.05) is 21.8 Å². The molecule has 0 saturated carbocycles. The number of hydrogen-bond donors (Lipinski definition) is 1. The normalized spacial score (nSPS) is 11.1. The van der Waals surface area contributed by atoms with Crippen LogP contribution in [0.5, 0.6) is 0 Å². The Labute approximate surface area is 136 Å². The molecule has 0 unspecified atom stereocenters. The Bertz CT molecular complexity index is 964. The van der Waals surface area contributed by atoms with Crippen molar-refractivity contribution in [1.29, 1.82) is 0 Å². The van der Waals surface area contributed by atoms with E-state index in [0.29, 0.717) is 11.0 Å². The van der Waals surface area contributed by atoms with E-state index in [9.17, 15) is 0 Å². The van der Waals surface area contributed by atoms with E-state index < -0.39 is 0 Å². The summed E-state index contributed by atoms with van der Waals surface area (Å²) in [7, 11) is 0. The summed E-state index contributed by atoms with van der Waals surface area (Å²) in [4.78, 5) is 9.95. The number of aromatic nitrogens is 2. The SMILES string of the molecule is Clc1ncc(CNc2cccc3cc4ccccc4nc23)s1. The fraction of sp³-hybridized carbons (Fsp3) is 0.0588. The number of pyridine rings is 1. The van der Waals surface area contributed by atoms with Crippen LogP contribution in [0, 0.1) is 0 Å². The zero-order chi connectivity index (χ0) is 14.9. The summed E-state index contributed by atoms with van der Waals surface area (Å²) < 4.78 is 0.568. The highest BCUT2D eigenvalue weighted by atomic mass is 35.5. The van der Waals surface area contributed by atoms with Crippen LogP contribution >= 0.6 is 22.9 Å². The number of halogens is 1. The quantitative estimate of drug-likeness (QED) is 0.532. The van der Waals surface area contributed by atoms with Gasteiger partial charge in [0.15, 0.2) is 4.47 Å². The zero-order valence-electron chi connectivity index (χ0n) is 11.6. The van der Waals surface area contributed by atoms with Crippen LogP contribution in [0.2, 0.25) is 4.47 Å². The van der Waals surface area contributed by atoms with Gasteiger partial charge >= 0.3 is 0 Å². The molecule has 0 amide bonds.